The number of methoxy groups -OCH3 is 1. The highest BCUT2D eigenvalue weighted by molar-refractivity contribution is 5.92. The normalized spacial score (nSPS) is 22.7. The first-order chi connectivity index (χ1) is 9.78. The molecule has 1 aromatic carbocycles. The van der Waals surface area contributed by atoms with Crippen molar-refractivity contribution in [2.75, 3.05) is 12.4 Å². The molecular formula is C16H21N3O. The SMILES string of the molecule is COc1ccc2c(NC3CCCCC3N)nccc2c1. The van der Waals surface area contributed by atoms with Crippen molar-refractivity contribution in [3.8, 4) is 5.75 Å². The van der Waals surface area contributed by atoms with Crippen molar-refractivity contribution in [3.05, 3.63) is 30.5 Å². The van der Waals surface area contributed by atoms with E-state index in [4.69, 9.17) is 10.5 Å². The largest absolute Gasteiger partial charge is 0.497 e. The molecule has 0 aliphatic heterocycles. The molecule has 2 aromatic rings. The molecule has 1 aliphatic rings. The lowest BCUT2D eigenvalue weighted by molar-refractivity contribution is 0.403. The fourth-order valence-corrected chi connectivity index (χ4v) is 2.91. The van der Waals surface area contributed by atoms with Gasteiger partial charge in [-0.05, 0) is 42.5 Å². The highest BCUT2D eigenvalue weighted by Gasteiger charge is 2.22. The van der Waals surface area contributed by atoms with E-state index in [0.29, 0.717) is 6.04 Å². The molecule has 106 valence electrons. The summed E-state index contributed by atoms with van der Waals surface area (Å²) in [5, 5.41) is 5.78. The Morgan fingerprint density at radius 3 is 2.90 bits per heavy atom. The van der Waals surface area contributed by atoms with Crippen LogP contribution in [0.4, 0.5) is 5.82 Å². The lowest BCUT2D eigenvalue weighted by atomic mass is 9.91. The van der Waals surface area contributed by atoms with Crippen LogP contribution < -0.4 is 15.8 Å². The van der Waals surface area contributed by atoms with E-state index in [1.807, 2.05) is 24.4 Å². The summed E-state index contributed by atoms with van der Waals surface area (Å²) in [5.74, 6) is 1.79. The fourth-order valence-electron chi connectivity index (χ4n) is 2.91. The van der Waals surface area contributed by atoms with Gasteiger partial charge in [-0.25, -0.2) is 4.98 Å². The number of hydrogen-bond donors (Lipinski definition) is 2. The minimum atomic E-state index is 0.221. The van der Waals surface area contributed by atoms with Crippen LogP contribution in [0.2, 0.25) is 0 Å². The molecule has 3 N–H and O–H groups in total. The maximum atomic E-state index is 6.21. The lowest BCUT2D eigenvalue weighted by Crippen LogP contribution is -2.42. The molecule has 0 spiro atoms. The molecule has 1 aromatic heterocycles. The number of hydrogen-bond acceptors (Lipinski definition) is 4. The second-order valence-corrected chi connectivity index (χ2v) is 5.45. The van der Waals surface area contributed by atoms with Gasteiger partial charge in [0.05, 0.1) is 7.11 Å². The van der Waals surface area contributed by atoms with Gasteiger partial charge in [-0.1, -0.05) is 12.8 Å². The third kappa shape index (κ3) is 2.56. The van der Waals surface area contributed by atoms with E-state index in [1.54, 1.807) is 7.11 Å². The van der Waals surface area contributed by atoms with E-state index >= 15 is 0 Å². The molecule has 20 heavy (non-hydrogen) atoms. The number of nitrogens with two attached hydrogens (primary N) is 1. The summed E-state index contributed by atoms with van der Waals surface area (Å²) in [4.78, 5) is 4.48. The summed E-state index contributed by atoms with van der Waals surface area (Å²) in [6.07, 6.45) is 6.52. The summed E-state index contributed by atoms with van der Waals surface area (Å²) in [7, 11) is 1.68. The number of rotatable bonds is 3. The van der Waals surface area contributed by atoms with Crippen LogP contribution in [-0.4, -0.2) is 24.2 Å². The van der Waals surface area contributed by atoms with Crippen molar-refractivity contribution in [1.82, 2.24) is 4.98 Å². The minimum Gasteiger partial charge on any atom is -0.497 e. The zero-order chi connectivity index (χ0) is 13.9. The molecular weight excluding hydrogens is 250 g/mol. The second kappa shape index (κ2) is 5.67. The Hall–Kier alpha value is -1.81. The molecule has 4 heteroatoms. The first kappa shape index (κ1) is 13.2. The van der Waals surface area contributed by atoms with Crippen LogP contribution in [0.1, 0.15) is 25.7 Å². The zero-order valence-electron chi connectivity index (χ0n) is 11.8. The van der Waals surface area contributed by atoms with Crippen LogP contribution in [0.25, 0.3) is 10.8 Å². The van der Waals surface area contributed by atoms with E-state index in [1.165, 1.54) is 12.8 Å². The Bertz CT molecular complexity index is 599. The summed E-state index contributed by atoms with van der Waals surface area (Å²) in [5.41, 5.74) is 6.21. The Balaban J connectivity index is 1.91. The molecule has 3 rings (SSSR count). The summed E-state index contributed by atoms with van der Waals surface area (Å²) in [6, 6.07) is 8.60. The van der Waals surface area contributed by atoms with Gasteiger partial charge in [0, 0.05) is 23.7 Å². The van der Waals surface area contributed by atoms with E-state index in [2.05, 4.69) is 16.4 Å². The predicted molar refractivity (Wildman–Crippen MR) is 82.1 cm³/mol. The molecule has 1 fully saturated rings. The standard InChI is InChI=1S/C16H21N3O/c1-20-12-6-7-13-11(10-12)8-9-18-16(13)19-15-5-3-2-4-14(15)17/h6-10,14-15H,2-5,17H2,1H3,(H,18,19). The minimum absolute atomic E-state index is 0.221. The average molecular weight is 271 g/mol. The molecule has 0 saturated heterocycles. The lowest BCUT2D eigenvalue weighted by Gasteiger charge is -2.30. The number of ether oxygens (including phenoxy) is 1. The fraction of sp³-hybridized carbons (Fsp3) is 0.438. The monoisotopic (exact) mass is 271 g/mol. The van der Waals surface area contributed by atoms with Crippen LogP contribution in [-0.2, 0) is 0 Å². The maximum Gasteiger partial charge on any atom is 0.134 e. The van der Waals surface area contributed by atoms with E-state index in [0.717, 1.165) is 35.2 Å². The molecule has 1 heterocycles. The van der Waals surface area contributed by atoms with Gasteiger partial charge >= 0.3 is 0 Å². The molecule has 0 bridgehead atoms. The van der Waals surface area contributed by atoms with E-state index < -0.39 is 0 Å². The Morgan fingerprint density at radius 2 is 2.10 bits per heavy atom. The average Bonchev–Trinajstić information content (AvgIpc) is 2.49. The van der Waals surface area contributed by atoms with Crippen molar-refractivity contribution < 1.29 is 4.74 Å². The van der Waals surface area contributed by atoms with Gasteiger partial charge in [0.15, 0.2) is 0 Å². The number of nitrogens with zero attached hydrogens (tertiary/aromatic N) is 1. The first-order valence-electron chi connectivity index (χ1n) is 7.23. The number of benzene rings is 1. The van der Waals surface area contributed by atoms with E-state index in [-0.39, 0.29) is 6.04 Å². The smallest absolute Gasteiger partial charge is 0.134 e. The van der Waals surface area contributed by atoms with Crippen molar-refractivity contribution in [2.24, 2.45) is 5.73 Å². The number of pyridine rings is 1. The topological polar surface area (TPSA) is 60.2 Å². The van der Waals surface area contributed by atoms with Gasteiger partial charge in [-0.3, -0.25) is 0 Å². The van der Waals surface area contributed by atoms with Crippen molar-refractivity contribution >= 4 is 16.6 Å². The number of fused-ring (bicyclic) bond motifs is 1. The van der Waals surface area contributed by atoms with Crippen LogP contribution in [0, 0.1) is 0 Å². The third-order valence-electron chi connectivity index (χ3n) is 4.11. The zero-order valence-corrected chi connectivity index (χ0v) is 11.8. The van der Waals surface area contributed by atoms with Crippen LogP contribution in [0.15, 0.2) is 30.5 Å². The Morgan fingerprint density at radius 1 is 1.25 bits per heavy atom. The highest BCUT2D eigenvalue weighted by Crippen LogP contribution is 2.27. The summed E-state index contributed by atoms with van der Waals surface area (Å²) >= 11 is 0. The number of anilines is 1. The molecule has 1 aliphatic carbocycles. The quantitative estimate of drug-likeness (QED) is 0.901. The van der Waals surface area contributed by atoms with Gasteiger partial charge < -0.3 is 15.8 Å². The summed E-state index contributed by atoms with van der Waals surface area (Å²) in [6.45, 7) is 0. The molecule has 1 saturated carbocycles. The van der Waals surface area contributed by atoms with Crippen LogP contribution in [0.3, 0.4) is 0 Å². The van der Waals surface area contributed by atoms with Gasteiger partial charge in [-0.15, -0.1) is 0 Å². The second-order valence-electron chi connectivity index (χ2n) is 5.45. The van der Waals surface area contributed by atoms with Gasteiger partial charge in [0.25, 0.3) is 0 Å². The molecule has 0 radical (unpaired) electrons. The number of aromatic nitrogens is 1. The highest BCUT2D eigenvalue weighted by atomic mass is 16.5. The molecule has 2 unspecified atom stereocenters. The molecule has 2 atom stereocenters. The van der Waals surface area contributed by atoms with Gasteiger partial charge in [0.1, 0.15) is 11.6 Å². The van der Waals surface area contributed by atoms with Crippen molar-refractivity contribution in [2.45, 2.75) is 37.8 Å². The van der Waals surface area contributed by atoms with Crippen molar-refractivity contribution in [1.29, 1.82) is 0 Å². The Labute approximate surface area is 119 Å². The van der Waals surface area contributed by atoms with Crippen LogP contribution in [0.5, 0.6) is 5.75 Å². The maximum absolute atomic E-state index is 6.21. The van der Waals surface area contributed by atoms with Gasteiger partial charge in [-0.2, -0.15) is 0 Å². The predicted octanol–water partition coefficient (Wildman–Crippen LogP) is 2.93. The van der Waals surface area contributed by atoms with Crippen LogP contribution >= 0.6 is 0 Å². The van der Waals surface area contributed by atoms with E-state index in [9.17, 15) is 0 Å². The van der Waals surface area contributed by atoms with Gasteiger partial charge in [0.2, 0.25) is 0 Å². The molecule has 4 nitrogen and oxygen atoms in total. The summed E-state index contributed by atoms with van der Waals surface area (Å²) < 4.78 is 5.27. The van der Waals surface area contributed by atoms with Crippen molar-refractivity contribution in [3.63, 3.8) is 0 Å². The number of nitrogens with one attached hydrogen (secondary N) is 1. The molecule has 0 amide bonds. The Kier molecular flexibility index (Phi) is 3.74. The third-order valence-corrected chi connectivity index (χ3v) is 4.11. The first-order valence-corrected chi connectivity index (χ1v) is 7.23.